The Labute approximate surface area is 202 Å². The van der Waals surface area contributed by atoms with Crippen molar-refractivity contribution < 1.29 is 19.1 Å². The van der Waals surface area contributed by atoms with Gasteiger partial charge < -0.3 is 24.3 Å². The molecule has 4 rings (SSSR count). The van der Waals surface area contributed by atoms with Gasteiger partial charge in [-0.15, -0.1) is 10.2 Å². The molecule has 2 aromatic carbocycles. The van der Waals surface area contributed by atoms with Crippen LogP contribution in [0.15, 0.2) is 53.9 Å². The van der Waals surface area contributed by atoms with E-state index in [9.17, 15) is 9.59 Å². The van der Waals surface area contributed by atoms with Crippen molar-refractivity contribution in [2.45, 2.75) is 24.0 Å². The number of carbonyl (C=O) groups excluding carboxylic acids is 2. The average molecular weight is 482 g/mol. The highest BCUT2D eigenvalue weighted by molar-refractivity contribution is 7.99. The van der Waals surface area contributed by atoms with Gasteiger partial charge in [0.05, 0.1) is 26.0 Å². The number of methoxy groups -OCH3 is 2. The summed E-state index contributed by atoms with van der Waals surface area (Å²) in [4.78, 5) is 27.7. The van der Waals surface area contributed by atoms with E-state index in [0.717, 1.165) is 29.9 Å². The van der Waals surface area contributed by atoms with Crippen LogP contribution in [0.1, 0.15) is 34.8 Å². The number of ether oxygens (including phenoxy) is 2. The largest absolute Gasteiger partial charge is 0.497 e. The number of carbonyl (C=O) groups is 2. The fourth-order valence-electron chi connectivity index (χ4n) is 4.06. The van der Waals surface area contributed by atoms with Gasteiger partial charge in [0.15, 0.2) is 5.16 Å². The number of thioether (sulfide) groups is 1. The summed E-state index contributed by atoms with van der Waals surface area (Å²) in [5.41, 5.74) is 2.02. The average Bonchev–Trinajstić information content (AvgIpc) is 3.51. The summed E-state index contributed by atoms with van der Waals surface area (Å²) in [6, 6.07) is 12.6. The SMILES string of the molecule is COc1ccc(OC)c([C@@H]2CCCN2C(=O)c2cccc(NC(=O)CSc3nncn3C)c2)c1. The molecular weight excluding hydrogens is 454 g/mol. The van der Waals surface area contributed by atoms with E-state index < -0.39 is 0 Å². The molecular formula is C24H27N5O4S. The van der Waals surface area contributed by atoms with Crippen molar-refractivity contribution in [1.29, 1.82) is 0 Å². The third-order valence-electron chi connectivity index (χ3n) is 5.71. The van der Waals surface area contributed by atoms with Crippen molar-refractivity contribution >= 4 is 29.3 Å². The topological polar surface area (TPSA) is 98.6 Å². The number of hydrogen-bond acceptors (Lipinski definition) is 7. The van der Waals surface area contributed by atoms with Gasteiger partial charge in [0.2, 0.25) is 5.91 Å². The minimum Gasteiger partial charge on any atom is -0.497 e. The highest BCUT2D eigenvalue weighted by Crippen LogP contribution is 2.39. The van der Waals surface area contributed by atoms with Crippen LogP contribution in [0.3, 0.4) is 0 Å². The summed E-state index contributed by atoms with van der Waals surface area (Å²) in [5.74, 6) is 1.37. The van der Waals surface area contributed by atoms with E-state index in [1.54, 1.807) is 49.4 Å². The smallest absolute Gasteiger partial charge is 0.254 e. The zero-order valence-electron chi connectivity index (χ0n) is 19.4. The molecule has 1 aromatic heterocycles. The minimum absolute atomic E-state index is 0.0862. The lowest BCUT2D eigenvalue weighted by molar-refractivity contribution is -0.113. The zero-order valence-corrected chi connectivity index (χ0v) is 20.2. The van der Waals surface area contributed by atoms with Gasteiger partial charge in [-0.2, -0.15) is 0 Å². The first-order chi connectivity index (χ1) is 16.5. The number of hydrogen-bond donors (Lipinski definition) is 1. The molecule has 0 bridgehead atoms. The number of anilines is 1. The number of likely N-dealkylation sites (tertiary alicyclic amines) is 1. The molecule has 0 unspecified atom stereocenters. The van der Waals surface area contributed by atoms with Crippen molar-refractivity contribution in [3.05, 3.63) is 59.9 Å². The van der Waals surface area contributed by atoms with Crippen LogP contribution >= 0.6 is 11.8 Å². The molecule has 9 nitrogen and oxygen atoms in total. The molecule has 178 valence electrons. The Bertz CT molecular complexity index is 1180. The second-order valence-electron chi connectivity index (χ2n) is 7.91. The monoisotopic (exact) mass is 481 g/mol. The van der Waals surface area contributed by atoms with E-state index in [1.165, 1.54) is 11.8 Å². The Morgan fingerprint density at radius 1 is 1.18 bits per heavy atom. The summed E-state index contributed by atoms with van der Waals surface area (Å²) < 4.78 is 12.7. The Kier molecular flexibility index (Phi) is 7.36. The first-order valence-corrected chi connectivity index (χ1v) is 11.9. The van der Waals surface area contributed by atoms with Crippen molar-refractivity contribution in [3.8, 4) is 11.5 Å². The summed E-state index contributed by atoms with van der Waals surface area (Å²) in [6.07, 6.45) is 3.32. The van der Waals surface area contributed by atoms with Crippen LogP contribution in [-0.4, -0.2) is 58.0 Å². The number of nitrogens with one attached hydrogen (secondary N) is 1. The van der Waals surface area contributed by atoms with Gasteiger partial charge in [0.1, 0.15) is 17.8 Å². The molecule has 10 heteroatoms. The lowest BCUT2D eigenvalue weighted by Crippen LogP contribution is -2.31. The second kappa shape index (κ2) is 10.6. The van der Waals surface area contributed by atoms with Crippen LogP contribution in [0.5, 0.6) is 11.5 Å². The maximum absolute atomic E-state index is 13.5. The maximum atomic E-state index is 13.5. The minimum atomic E-state index is -0.183. The van der Waals surface area contributed by atoms with Crippen LogP contribution in [0, 0.1) is 0 Å². The summed E-state index contributed by atoms with van der Waals surface area (Å²) in [7, 11) is 5.07. The number of nitrogens with zero attached hydrogens (tertiary/aromatic N) is 4. The highest BCUT2D eigenvalue weighted by Gasteiger charge is 2.33. The Morgan fingerprint density at radius 3 is 2.76 bits per heavy atom. The van der Waals surface area contributed by atoms with Gasteiger partial charge in [0, 0.05) is 30.4 Å². The van der Waals surface area contributed by atoms with Gasteiger partial charge in [-0.1, -0.05) is 17.8 Å². The van der Waals surface area contributed by atoms with Crippen molar-refractivity contribution in [2.75, 3.05) is 31.8 Å². The fraction of sp³-hybridized carbons (Fsp3) is 0.333. The van der Waals surface area contributed by atoms with E-state index in [0.29, 0.717) is 23.0 Å². The van der Waals surface area contributed by atoms with Gasteiger partial charge in [0.25, 0.3) is 5.91 Å². The molecule has 2 heterocycles. The molecule has 34 heavy (non-hydrogen) atoms. The summed E-state index contributed by atoms with van der Waals surface area (Å²) >= 11 is 1.30. The lowest BCUT2D eigenvalue weighted by Gasteiger charge is -2.27. The molecule has 0 saturated carbocycles. The van der Waals surface area contributed by atoms with E-state index in [2.05, 4.69) is 15.5 Å². The molecule has 3 aromatic rings. The van der Waals surface area contributed by atoms with Crippen molar-refractivity contribution in [1.82, 2.24) is 19.7 Å². The second-order valence-corrected chi connectivity index (χ2v) is 8.85. The van der Waals surface area contributed by atoms with Gasteiger partial charge in [-0.3, -0.25) is 9.59 Å². The molecule has 0 aliphatic carbocycles. The maximum Gasteiger partial charge on any atom is 0.254 e. The molecule has 0 spiro atoms. The van der Waals surface area contributed by atoms with E-state index in [1.807, 2.05) is 30.1 Å². The molecule has 1 N–H and O–H groups in total. The van der Waals surface area contributed by atoms with Crippen LogP contribution < -0.4 is 14.8 Å². The quantitative estimate of drug-likeness (QED) is 0.492. The Morgan fingerprint density at radius 2 is 2.03 bits per heavy atom. The molecule has 2 amide bonds. The predicted octanol–water partition coefficient (Wildman–Crippen LogP) is 3.54. The first kappa shape index (κ1) is 23.6. The van der Waals surface area contributed by atoms with Gasteiger partial charge in [-0.25, -0.2) is 0 Å². The molecule has 1 aliphatic rings. The molecule has 1 fully saturated rings. The normalized spacial score (nSPS) is 15.3. The Hall–Kier alpha value is -3.53. The van der Waals surface area contributed by atoms with E-state index in [4.69, 9.17) is 9.47 Å². The number of aryl methyl sites for hydroxylation is 1. The summed E-state index contributed by atoms with van der Waals surface area (Å²) in [6.45, 7) is 0.648. The predicted molar refractivity (Wildman–Crippen MR) is 129 cm³/mol. The molecule has 1 atom stereocenters. The number of aromatic nitrogens is 3. The molecule has 1 saturated heterocycles. The third-order valence-corrected chi connectivity index (χ3v) is 6.74. The van der Waals surface area contributed by atoms with Crippen LogP contribution in [0.25, 0.3) is 0 Å². The summed E-state index contributed by atoms with van der Waals surface area (Å²) in [5, 5.41) is 11.3. The van der Waals surface area contributed by atoms with Crippen molar-refractivity contribution in [3.63, 3.8) is 0 Å². The van der Waals surface area contributed by atoms with Crippen LogP contribution in [0.4, 0.5) is 5.69 Å². The van der Waals surface area contributed by atoms with Crippen molar-refractivity contribution in [2.24, 2.45) is 7.05 Å². The Balaban J connectivity index is 1.47. The molecule has 1 aliphatic heterocycles. The van der Waals surface area contributed by atoms with Gasteiger partial charge >= 0.3 is 0 Å². The lowest BCUT2D eigenvalue weighted by atomic mass is 10.0. The van der Waals surface area contributed by atoms with Crippen LogP contribution in [-0.2, 0) is 11.8 Å². The fourth-order valence-corrected chi connectivity index (χ4v) is 4.75. The number of benzene rings is 2. The van der Waals surface area contributed by atoms with E-state index >= 15 is 0 Å². The first-order valence-electron chi connectivity index (χ1n) is 10.9. The number of rotatable bonds is 8. The standard InChI is InChI=1S/C24H27N5O4S/c1-28-15-25-27-24(28)34-14-22(30)26-17-7-4-6-16(12-17)23(31)29-11-5-8-20(29)19-13-18(32-2)9-10-21(19)33-3/h4,6-7,9-10,12-13,15,20H,5,8,11,14H2,1-3H3,(H,26,30)/t20-/m0/s1. The number of amides is 2. The third kappa shape index (κ3) is 5.17. The van der Waals surface area contributed by atoms with Gasteiger partial charge in [-0.05, 0) is 49.2 Å². The van der Waals surface area contributed by atoms with E-state index in [-0.39, 0.29) is 23.6 Å². The molecule has 0 radical (unpaired) electrons. The highest BCUT2D eigenvalue weighted by atomic mass is 32.2. The zero-order chi connectivity index (χ0) is 24.1. The van der Waals surface area contributed by atoms with Crippen LogP contribution in [0.2, 0.25) is 0 Å².